The maximum atomic E-state index is 13.8. The van der Waals surface area contributed by atoms with Crippen LogP contribution in [0.5, 0.6) is 11.5 Å². The average Bonchev–Trinajstić information content (AvgIpc) is 3.60. The molecule has 0 amide bonds. The third-order valence-electron chi connectivity index (χ3n) is 8.86. The summed E-state index contributed by atoms with van der Waals surface area (Å²) in [4.78, 5) is 28.5. The smallest absolute Gasteiger partial charge is 0.339 e. The van der Waals surface area contributed by atoms with Crippen LogP contribution in [-0.4, -0.2) is 73.3 Å². The van der Waals surface area contributed by atoms with Crippen molar-refractivity contribution in [1.82, 2.24) is 4.90 Å². The largest absolute Gasteiger partial charge is 0.497 e. The van der Waals surface area contributed by atoms with E-state index in [1.165, 1.54) is 7.11 Å². The Bertz CT molecular complexity index is 1130. The van der Waals surface area contributed by atoms with E-state index >= 15 is 0 Å². The van der Waals surface area contributed by atoms with Gasteiger partial charge in [-0.1, -0.05) is 26.7 Å². The van der Waals surface area contributed by atoms with E-state index in [1.807, 2.05) is 12.1 Å². The van der Waals surface area contributed by atoms with E-state index in [2.05, 4.69) is 24.8 Å². The Hall–Kier alpha value is -2.78. The van der Waals surface area contributed by atoms with Gasteiger partial charge >= 0.3 is 11.9 Å². The summed E-state index contributed by atoms with van der Waals surface area (Å²) in [5.41, 5.74) is -0.203. The molecule has 214 valence electrons. The van der Waals surface area contributed by atoms with Crippen LogP contribution in [0.1, 0.15) is 75.8 Å². The van der Waals surface area contributed by atoms with Crippen LogP contribution in [0.25, 0.3) is 0 Å². The van der Waals surface area contributed by atoms with Gasteiger partial charge in [0.2, 0.25) is 6.79 Å². The second-order valence-corrected chi connectivity index (χ2v) is 11.7. The summed E-state index contributed by atoms with van der Waals surface area (Å²) in [5.74, 6) is 0.746. The Balaban J connectivity index is 1.48. The van der Waals surface area contributed by atoms with Crippen molar-refractivity contribution in [2.45, 2.75) is 88.4 Å². The Morgan fingerprint density at radius 3 is 2.67 bits per heavy atom. The van der Waals surface area contributed by atoms with E-state index in [-0.39, 0.29) is 24.7 Å². The highest BCUT2D eigenvalue weighted by atomic mass is 16.7. The highest BCUT2D eigenvalue weighted by molar-refractivity contribution is 5.86. The number of rotatable bonds is 10. The van der Waals surface area contributed by atoms with E-state index < -0.39 is 30.1 Å². The number of carbonyl (C=O) groups excluding carboxylic acids is 2. The normalized spacial score (nSPS) is 26.7. The Labute approximate surface area is 230 Å². The standard InChI is InChI=1S/C30H41NO8/c1-19(2)8-5-6-11-30(34,17-25(32)36-4)28(33)39-27-24(35-3)16-29-10-7-12-31(29)13-9-20-14-22-23(38-18-37-22)15-21(20)26(27)29/h14-16,19,26-27,34H,5-13,17-18H2,1-4H3/t26-,27-,29-,30-/m1/s1. The van der Waals surface area contributed by atoms with Gasteiger partial charge < -0.3 is 28.8 Å². The maximum absolute atomic E-state index is 13.8. The lowest BCUT2D eigenvalue weighted by molar-refractivity contribution is -0.178. The number of aliphatic hydroxyl groups is 1. The van der Waals surface area contributed by atoms with Gasteiger partial charge in [0.1, 0.15) is 5.76 Å². The minimum absolute atomic E-state index is 0.115. The van der Waals surface area contributed by atoms with Crippen LogP contribution in [0, 0.1) is 5.92 Å². The van der Waals surface area contributed by atoms with Gasteiger partial charge in [0, 0.05) is 6.54 Å². The first-order valence-electron chi connectivity index (χ1n) is 14.2. The first-order valence-corrected chi connectivity index (χ1v) is 14.2. The van der Waals surface area contributed by atoms with Gasteiger partial charge in [-0.05, 0) is 73.9 Å². The molecule has 4 aliphatic rings. The molecule has 1 aromatic carbocycles. The van der Waals surface area contributed by atoms with Crippen molar-refractivity contribution < 1.29 is 38.4 Å². The average molecular weight is 544 g/mol. The van der Waals surface area contributed by atoms with Gasteiger partial charge in [-0.25, -0.2) is 4.79 Å². The summed E-state index contributed by atoms with van der Waals surface area (Å²) in [6.07, 6.45) is 6.15. The molecule has 0 radical (unpaired) electrons. The molecule has 5 rings (SSSR count). The predicted molar refractivity (Wildman–Crippen MR) is 142 cm³/mol. The summed E-state index contributed by atoms with van der Waals surface area (Å²) in [6, 6.07) is 4.06. The van der Waals surface area contributed by atoms with Crippen molar-refractivity contribution >= 4 is 11.9 Å². The third-order valence-corrected chi connectivity index (χ3v) is 8.86. The molecule has 9 nitrogen and oxygen atoms in total. The van der Waals surface area contributed by atoms with E-state index in [4.69, 9.17) is 23.7 Å². The fraction of sp³-hybridized carbons (Fsp3) is 0.667. The lowest BCUT2D eigenvalue weighted by Crippen LogP contribution is -2.49. The molecule has 0 bridgehead atoms. The van der Waals surface area contributed by atoms with Crippen LogP contribution >= 0.6 is 0 Å². The molecule has 3 aliphatic heterocycles. The molecule has 0 saturated carbocycles. The monoisotopic (exact) mass is 543 g/mol. The number of carbonyl (C=O) groups is 2. The Morgan fingerprint density at radius 1 is 1.18 bits per heavy atom. The molecular weight excluding hydrogens is 502 g/mol. The molecule has 1 aromatic rings. The van der Waals surface area contributed by atoms with E-state index in [9.17, 15) is 14.7 Å². The fourth-order valence-corrected chi connectivity index (χ4v) is 6.86. The van der Waals surface area contributed by atoms with Gasteiger partial charge in [-0.3, -0.25) is 9.69 Å². The number of hydrogen-bond acceptors (Lipinski definition) is 9. The van der Waals surface area contributed by atoms with Crippen molar-refractivity contribution in [1.29, 1.82) is 0 Å². The van der Waals surface area contributed by atoms with Crippen LogP contribution in [-0.2, 0) is 30.2 Å². The van der Waals surface area contributed by atoms with E-state index in [0.29, 0.717) is 23.8 Å². The van der Waals surface area contributed by atoms with E-state index in [0.717, 1.165) is 62.1 Å². The summed E-state index contributed by atoms with van der Waals surface area (Å²) in [7, 11) is 2.83. The van der Waals surface area contributed by atoms with Crippen molar-refractivity contribution in [2.75, 3.05) is 34.1 Å². The van der Waals surface area contributed by atoms with Crippen LogP contribution in [0.4, 0.5) is 0 Å². The summed E-state index contributed by atoms with van der Waals surface area (Å²) < 4.78 is 28.3. The fourth-order valence-electron chi connectivity index (χ4n) is 6.86. The van der Waals surface area contributed by atoms with Crippen LogP contribution < -0.4 is 9.47 Å². The minimum Gasteiger partial charge on any atom is -0.497 e. The van der Waals surface area contributed by atoms with Crippen LogP contribution in [0.3, 0.4) is 0 Å². The number of ether oxygens (including phenoxy) is 5. The number of benzene rings is 1. The third kappa shape index (κ3) is 5.11. The number of unbranched alkanes of at least 4 members (excludes halogenated alkanes) is 1. The zero-order valence-electron chi connectivity index (χ0n) is 23.5. The van der Waals surface area contributed by atoms with Crippen molar-refractivity contribution in [3.8, 4) is 11.5 Å². The number of esters is 2. The molecule has 1 spiro atoms. The molecule has 39 heavy (non-hydrogen) atoms. The second-order valence-electron chi connectivity index (χ2n) is 11.7. The summed E-state index contributed by atoms with van der Waals surface area (Å²) in [5, 5.41) is 11.5. The highest BCUT2D eigenvalue weighted by Gasteiger charge is 2.59. The van der Waals surface area contributed by atoms with Crippen LogP contribution in [0.2, 0.25) is 0 Å². The predicted octanol–water partition coefficient (Wildman–Crippen LogP) is 3.86. The Kier molecular flexibility index (Phi) is 7.84. The minimum atomic E-state index is -1.99. The molecule has 4 atom stereocenters. The zero-order chi connectivity index (χ0) is 27.8. The molecule has 1 N–H and O–H groups in total. The van der Waals surface area contributed by atoms with E-state index in [1.54, 1.807) is 7.11 Å². The topological polar surface area (TPSA) is 104 Å². The quantitative estimate of drug-likeness (QED) is 0.348. The summed E-state index contributed by atoms with van der Waals surface area (Å²) >= 11 is 0. The molecule has 0 aromatic heterocycles. The first-order chi connectivity index (χ1) is 18.7. The molecular formula is C30H41NO8. The second kappa shape index (κ2) is 11.0. The highest BCUT2D eigenvalue weighted by Crippen LogP contribution is 2.55. The molecule has 1 fully saturated rings. The van der Waals surface area contributed by atoms with Gasteiger partial charge in [-0.2, -0.15) is 0 Å². The van der Waals surface area contributed by atoms with Gasteiger partial charge in [-0.15, -0.1) is 0 Å². The first kappa shape index (κ1) is 27.8. The number of methoxy groups -OCH3 is 2. The molecule has 1 saturated heterocycles. The number of fused-ring (bicyclic) bond motifs is 3. The molecule has 9 heteroatoms. The zero-order valence-corrected chi connectivity index (χ0v) is 23.5. The van der Waals surface area contributed by atoms with Crippen molar-refractivity contribution in [3.63, 3.8) is 0 Å². The van der Waals surface area contributed by atoms with Crippen molar-refractivity contribution in [2.24, 2.45) is 5.92 Å². The van der Waals surface area contributed by atoms with Gasteiger partial charge in [0.05, 0.1) is 32.1 Å². The molecule has 1 aliphatic carbocycles. The maximum Gasteiger partial charge on any atom is 0.339 e. The number of hydrogen-bond donors (Lipinski definition) is 1. The Morgan fingerprint density at radius 2 is 1.95 bits per heavy atom. The lowest BCUT2D eigenvalue weighted by Gasteiger charge is -2.39. The SMILES string of the molecule is COC(=O)C[C@](O)(CCCCC(C)C)C(=O)O[C@@H]1C(OC)=C[C@@]23CCCN2CCc2cc4c(cc2[C@H]13)OCO4. The van der Waals surface area contributed by atoms with Crippen LogP contribution in [0.15, 0.2) is 24.0 Å². The molecule has 0 unspecified atom stereocenters. The molecule has 3 heterocycles. The summed E-state index contributed by atoms with van der Waals surface area (Å²) in [6.45, 7) is 6.24. The van der Waals surface area contributed by atoms with Crippen molar-refractivity contribution in [3.05, 3.63) is 35.1 Å². The van der Waals surface area contributed by atoms with Gasteiger partial charge in [0.15, 0.2) is 23.2 Å². The van der Waals surface area contributed by atoms with Gasteiger partial charge in [0.25, 0.3) is 0 Å². The number of nitrogens with zero attached hydrogens (tertiary/aromatic N) is 1. The lowest BCUT2D eigenvalue weighted by atomic mass is 9.77.